The number of nitrogens with two attached hydrogens (primary N) is 1. The van der Waals surface area contributed by atoms with Crippen molar-refractivity contribution < 1.29 is 29.4 Å². The van der Waals surface area contributed by atoms with Gasteiger partial charge in [-0.15, -0.1) is 0 Å². The monoisotopic (exact) mass is 458 g/mol. The first-order valence-corrected chi connectivity index (χ1v) is 11.3. The van der Waals surface area contributed by atoms with E-state index < -0.39 is 54.0 Å². The van der Waals surface area contributed by atoms with E-state index in [4.69, 9.17) is 5.73 Å². The number of aliphatic hydroxyl groups is 1. The van der Waals surface area contributed by atoms with Gasteiger partial charge < -0.3 is 31.9 Å². The van der Waals surface area contributed by atoms with Gasteiger partial charge in [-0.1, -0.05) is 54.4 Å². The summed E-state index contributed by atoms with van der Waals surface area (Å²) in [7, 11) is 0. The second kappa shape index (κ2) is 14.1. The number of carboxylic acid groups (broad SMARTS) is 1. The Morgan fingerprint density at radius 3 is 1.66 bits per heavy atom. The smallest absolute Gasteiger partial charge is 0.326 e. The van der Waals surface area contributed by atoms with Gasteiger partial charge in [-0.05, 0) is 31.1 Å². The van der Waals surface area contributed by atoms with Crippen molar-refractivity contribution in [1.82, 2.24) is 16.0 Å². The van der Waals surface area contributed by atoms with Gasteiger partial charge in [0.2, 0.25) is 17.7 Å². The van der Waals surface area contributed by atoms with Crippen LogP contribution in [0.3, 0.4) is 0 Å². The van der Waals surface area contributed by atoms with Gasteiger partial charge in [0.05, 0.1) is 12.1 Å². The van der Waals surface area contributed by atoms with Gasteiger partial charge in [0, 0.05) is 0 Å². The van der Waals surface area contributed by atoms with Crippen molar-refractivity contribution in [3.8, 4) is 0 Å². The van der Waals surface area contributed by atoms with E-state index in [2.05, 4.69) is 16.0 Å². The zero-order chi connectivity index (χ0) is 25.2. The molecule has 0 fully saturated rings. The topological polar surface area (TPSA) is 171 Å². The quantitative estimate of drug-likeness (QED) is 0.218. The van der Waals surface area contributed by atoms with Crippen LogP contribution in [0, 0.1) is 17.8 Å². The molecule has 7 unspecified atom stereocenters. The molecule has 7 atom stereocenters. The van der Waals surface area contributed by atoms with Crippen molar-refractivity contribution in [1.29, 1.82) is 0 Å². The number of carbonyl (C=O) groups is 4. The molecule has 0 heterocycles. The Morgan fingerprint density at radius 1 is 0.781 bits per heavy atom. The van der Waals surface area contributed by atoms with E-state index in [-0.39, 0.29) is 24.2 Å². The first kappa shape index (κ1) is 29.8. The van der Waals surface area contributed by atoms with E-state index in [1.807, 2.05) is 27.7 Å². The van der Waals surface area contributed by atoms with E-state index in [9.17, 15) is 29.4 Å². The Balaban J connectivity index is 5.52. The molecule has 186 valence electrons. The number of carbonyl (C=O) groups excluding carboxylic acids is 3. The number of amides is 3. The molecule has 0 aliphatic carbocycles. The second-order valence-electron chi connectivity index (χ2n) is 9.04. The molecule has 10 heteroatoms. The minimum absolute atomic E-state index is 0.0394. The lowest BCUT2D eigenvalue weighted by atomic mass is 9.96. The fourth-order valence-corrected chi connectivity index (χ4v) is 3.07. The van der Waals surface area contributed by atoms with Crippen LogP contribution >= 0.6 is 0 Å². The molecular weight excluding hydrogens is 416 g/mol. The summed E-state index contributed by atoms with van der Waals surface area (Å²) in [6.07, 6.45) is 0.196. The van der Waals surface area contributed by atoms with Crippen LogP contribution in [0.15, 0.2) is 0 Å². The Bertz CT molecular complexity index is 640. The molecule has 0 radical (unpaired) electrons. The number of aliphatic carboxylic acids is 1. The molecule has 0 aromatic rings. The van der Waals surface area contributed by atoms with Crippen molar-refractivity contribution in [3.05, 3.63) is 0 Å². The molecule has 3 amide bonds. The standard InChI is InChI=1S/C22H42N4O6/c1-8-12(5)16(23)19(28)26-18(14(7)27)21(30)25-17(13(6)9-2)20(29)24-15(22(31)32)10-11(3)4/h11-18,27H,8-10,23H2,1-7H3,(H,24,29)(H,25,30)(H,26,28)(H,31,32). The third-order valence-electron chi connectivity index (χ3n) is 5.74. The molecule has 0 aliphatic heterocycles. The third kappa shape index (κ3) is 9.52. The lowest BCUT2D eigenvalue weighted by molar-refractivity contribution is -0.143. The summed E-state index contributed by atoms with van der Waals surface area (Å²) >= 11 is 0. The molecule has 0 aliphatic rings. The molecule has 0 saturated carbocycles. The molecule has 0 bridgehead atoms. The summed E-state index contributed by atoms with van der Waals surface area (Å²) < 4.78 is 0. The highest BCUT2D eigenvalue weighted by Gasteiger charge is 2.34. The van der Waals surface area contributed by atoms with E-state index in [0.717, 1.165) is 0 Å². The van der Waals surface area contributed by atoms with Crippen molar-refractivity contribution in [2.75, 3.05) is 0 Å². The predicted octanol–water partition coefficient (Wildman–Crippen LogP) is 0.372. The summed E-state index contributed by atoms with van der Waals surface area (Å²) in [4.78, 5) is 49.7. The van der Waals surface area contributed by atoms with Gasteiger partial charge in [0.25, 0.3) is 0 Å². The maximum atomic E-state index is 12.9. The Morgan fingerprint density at radius 2 is 1.25 bits per heavy atom. The predicted molar refractivity (Wildman–Crippen MR) is 121 cm³/mol. The SMILES string of the molecule is CCC(C)C(N)C(=O)NC(C(=O)NC(C(=O)NC(CC(C)C)C(=O)O)C(C)CC)C(C)O. The number of aliphatic hydroxyl groups excluding tert-OH is 1. The average molecular weight is 459 g/mol. The third-order valence-corrected chi connectivity index (χ3v) is 5.74. The maximum Gasteiger partial charge on any atom is 0.326 e. The molecule has 0 rings (SSSR count). The average Bonchev–Trinajstić information content (AvgIpc) is 2.72. The molecule has 7 N–H and O–H groups in total. The minimum Gasteiger partial charge on any atom is -0.480 e. The lowest BCUT2D eigenvalue weighted by Crippen LogP contribution is -2.61. The largest absolute Gasteiger partial charge is 0.480 e. The zero-order valence-corrected chi connectivity index (χ0v) is 20.3. The number of rotatable bonds is 14. The Labute approximate surface area is 191 Å². The van der Waals surface area contributed by atoms with E-state index >= 15 is 0 Å². The van der Waals surface area contributed by atoms with E-state index in [0.29, 0.717) is 12.8 Å². The van der Waals surface area contributed by atoms with Crippen LogP contribution in [0.5, 0.6) is 0 Å². The number of carboxylic acids is 1. The van der Waals surface area contributed by atoms with Crippen LogP contribution in [0.25, 0.3) is 0 Å². The molecule has 0 aromatic carbocycles. The highest BCUT2D eigenvalue weighted by molar-refractivity contribution is 5.94. The van der Waals surface area contributed by atoms with Gasteiger partial charge in [0.15, 0.2) is 0 Å². The fraction of sp³-hybridized carbons (Fsp3) is 0.818. The molecular formula is C22H42N4O6. The van der Waals surface area contributed by atoms with Crippen molar-refractivity contribution in [2.45, 2.75) is 98.0 Å². The normalized spacial score (nSPS) is 17.9. The molecule has 32 heavy (non-hydrogen) atoms. The molecule has 0 saturated heterocycles. The van der Waals surface area contributed by atoms with Gasteiger partial charge in [-0.3, -0.25) is 14.4 Å². The second-order valence-corrected chi connectivity index (χ2v) is 9.04. The van der Waals surface area contributed by atoms with Crippen LogP contribution < -0.4 is 21.7 Å². The van der Waals surface area contributed by atoms with Crippen LogP contribution in [0.4, 0.5) is 0 Å². The Hall–Kier alpha value is -2.20. The Kier molecular flexibility index (Phi) is 13.1. The highest BCUT2D eigenvalue weighted by atomic mass is 16.4. The molecule has 0 aromatic heterocycles. The first-order chi connectivity index (χ1) is 14.8. The van der Waals surface area contributed by atoms with Crippen molar-refractivity contribution in [3.63, 3.8) is 0 Å². The summed E-state index contributed by atoms with van der Waals surface area (Å²) in [5.41, 5.74) is 5.92. The minimum atomic E-state index is -1.32. The van der Waals surface area contributed by atoms with Crippen LogP contribution in [-0.4, -0.2) is 64.2 Å². The summed E-state index contributed by atoms with van der Waals surface area (Å²) in [6.45, 7) is 12.3. The van der Waals surface area contributed by atoms with Crippen LogP contribution in [0.1, 0.15) is 67.7 Å². The highest BCUT2D eigenvalue weighted by Crippen LogP contribution is 2.12. The number of hydrogen-bond acceptors (Lipinski definition) is 6. The summed E-state index contributed by atoms with van der Waals surface area (Å²) in [6, 6.07) is -4.30. The van der Waals surface area contributed by atoms with Gasteiger partial charge in [-0.25, -0.2) is 4.79 Å². The van der Waals surface area contributed by atoms with E-state index in [1.54, 1.807) is 13.8 Å². The lowest BCUT2D eigenvalue weighted by Gasteiger charge is -2.29. The van der Waals surface area contributed by atoms with Crippen molar-refractivity contribution >= 4 is 23.7 Å². The fourth-order valence-electron chi connectivity index (χ4n) is 3.07. The number of hydrogen-bond donors (Lipinski definition) is 6. The van der Waals surface area contributed by atoms with Crippen LogP contribution in [0.2, 0.25) is 0 Å². The molecule has 0 spiro atoms. The molecule has 10 nitrogen and oxygen atoms in total. The zero-order valence-electron chi connectivity index (χ0n) is 20.3. The van der Waals surface area contributed by atoms with Gasteiger partial charge in [0.1, 0.15) is 18.1 Å². The maximum absolute atomic E-state index is 12.9. The summed E-state index contributed by atoms with van der Waals surface area (Å²) in [5.74, 6) is -3.52. The number of nitrogens with one attached hydrogen (secondary N) is 3. The van der Waals surface area contributed by atoms with Gasteiger partial charge in [-0.2, -0.15) is 0 Å². The van der Waals surface area contributed by atoms with Gasteiger partial charge >= 0.3 is 5.97 Å². The summed E-state index contributed by atoms with van der Waals surface area (Å²) in [5, 5.41) is 27.0. The van der Waals surface area contributed by atoms with Crippen molar-refractivity contribution in [2.24, 2.45) is 23.5 Å². The van der Waals surface area contributed by atoms with E-state index in [1.165, 1.54) is 6.92 Å². The van der Waals surface area contributed by atoms with Crippen LogP contribution in [-0.2, 0) is 19.2 Å². The first-order valence-electron chi connectivity index (χ1n) is 11.3.